The van der Waals surface area contributed by atoms with Gasteiger partial charge < -0.3 is 15.0 Å². The molecule has 110 valence electrons. The Hall–Kier alpha value is -1.71. The highest BCUT2D eigenvalue weighted by Gasteiger charge is 2.20. The van der Waals surface area contributed by atoms with E-state index in [9.17, 15) is 4.79 Å². The lowest BCUT2D eigenvalue weighted by atomic mass is 10.0. The second-order valence-corrected chi connectivity index (χ2v) is 5.81. The molecule has 1 unspecified atom stereocenters. The van der Waals surface area contributed by atoms with Crippen molar-refractivity contribution in [3.63, 3.8) is 0 Å². The van der Waals surface area contributed by atoms with E-state index in [1.807, 2.05) is 43.0 Å². The maximum atomic E-state index is 12.2. The van der Waals surface area contributed by atoms with Gasteiger partial charge in [-0.05, 0) is 56.9 Å². The van der Waals surface area contributed by atoms with Gasteiger partial charge in [-0.15, -0.1) is 0 Å². The number of nitrogens with one attached hydrogen (secondary N) is 1. The molecule has 0 radical (unpaired) electrons. The van der Waals surface area contributed by atoms with E-state index in [1.54, 1.807) is 0 Å². The van der Waals surface area contributed by atoms with Crippen molar-refractivity contribution in [1.82, 2.24) is 4.90 Å². The summed E-state index contributed by atoms with van der Waals surface area (Å²) in [7, 11) is 0. The van der Waals surface area contributed by atoms with E-state index >= 15 is 0 Å². The first kappa shape index (κ1) is 14.7. The average molecular weight is 276 g/mol. The summed E-state index contributed by atoms with van der Waals surface area (Å²) in [6, 6.07) is 7.52. The predicted octanol–water partition coefficient (Wildman–Crippen LogP) is 3.74. The highest BCUT2D eigenvalue weighted by Crippen LogP contribution is 2.19. The Bertz CT molecular complexity index is 442. The number of carbonyl (C=O) groups is 1. The average Bonchev–Trinajstić information content (AvgIpc) is 2.40. The topological polar surface area (TPSA) is 41.6 Å². The highest BCUT2D eigenvalue weighted by molar-refractivity contribution is 5.89. The van der Waals surface area contributed by atoms with Crippen molar-refractivity contribution >= 4 is 11.7 Å². The first-order valence-electron chi connectivity index (χ1n) is 7.37. The molecule has 20 heavy (non-hydrogen) atoms. The van der Waals surface area contributed by atoms with Crippen LogP contribution < -0.4 is 10.1 Å². The zero-order valence-corrected chi connectivity index (χ0v) is 12.6. The minimum atomic E-state index is -0.00548. The van der Waals surface area contributed by atoms with Gasteiger partial charge in [0, 0.05) is 18.8 Å². The summed E-state index contributed by atoms with van der Waals surface area (Å²) >= 11 is 0. The molecule has 0 bridgehead atoms. The van der Waals surface area contributed by atoms with Crippen LogP contribution in [0.25, 0.3) is 0 Å². The largest absolute Gasteiger partial charge is 0.491 e. The second kappa shape index (κ2) is 6.64. The first-order chi connectivity index (χ1) is 9.54. The van der Waals surface area contributed by atoms with Crippen molar-refractivity contribution in [2.24, 2.45) is 5.92 Å². The van der Waals surface area contributed by atoms with Gasteiger partial charge in [0.15, 0.2) is 0 Å². The van der Waals surface area contributed by atoms with Gasteiger partial charge in [0.25, 0.3) is 0 Å². The summed E-state index contributed by atoms with van der Waals surface area (Å²) in [4.78, 5) is 14.1. The van der Waals surface area contributed by atoms with Gasteiger partial charge in [0.1, 0.15) is 5.75 Å². The molecule has 0 aliphatic carbocycles. The monoisotopic (exact) mass is 276 g/mol. The summed E-state index contributed by atoms with van der Waals surface area (Å²) in [6.07, 6.45) is 2.46. The summed E-state index contributed by atoms with van der Waals surface area (Å²) in [5.41, 5.74) is 0.810. The van der Waals surface area contributed by atoms with Crippen LogP contribution in [0.5, 0.6) is 5.75 Å². The molecule has 4 nitrogen and oxygen atoms in total. The van der Waals surface area contributed by atoms with Crippen LogP contribution in [0, 0.1) is 5.92 Å². The molecule has 1 aromatic rings. The number of carbonyl (C=O) groups excluding carboxylic acids is 1. The molecule has 1 N–H and O–H groups in total. The molecule has 2 rings (SSSR count). The van der Waals surface area contributed by atoms with Crippen LogP contribution in [0.4, 0.5) is 10.5 Å². The Morgan fingerprint density at radius 1 is 1.35 bits per heavy atom. The van der Waals surface area contributed by atoms with E-state index in [1.165, 1.54) is 6.42 Å². The summed E-state index contributed by atoms with van der Waals surface area (Å²) in [6.45, 7) is 7.88. The number of nitrogens with zero attached hydrogens (tertiary/aromatic N) is 1. The molecule has 0 saturated carbocycles. The maximum Gasteiger partial charge on any atom is 0.321 e. The van der Waals surface area contributed by atoms with Gasteiger partial charge >= 0.3 is 6.03 Å². The smallest absolute Gasteiger partial charge is 0.321 e. The number of anilines is 1. The van der Waals surface area contributed by atoms with Crippen LogP contribution in [0.15, 0.2) is 24.3 Å². The Labute approximate surface area is 121 Å². The zero-order chi connectivity index (χ0) is 14.5. The lowest BCUT2D eigenvalue weighted by Gasteiger charge is -2.30. The number of benzene rings is 1. The van der Waals surface area contributed by atoms with Crippen molar-refractivity contribution in [3.05, 3.63) is 24.3 Å². The van der Waals surface area contributed by atoms with Crippen LogP contribution in [-0.4, -0.2) is 30.1 Å². The number of piperidine rings is 1. The van der Waals surface area contributed by atoms with E-state index < -0.39 is 0 Å². The number of ether oxygens (including phenoxy) is 1. The third kappa shape index (κ3) is 4.15. The van der Waals surface area contributed by atoms with E-state index in [0.717, 1.165) is 30.9 Å². The molecule has 0 aromatic heterocycles. The van der Waals surface area contributed by atoms with Crippen molar-refractivity contribution < 1.29 is 9.53 Å². The molecule has 4 heteroatoms. The summed E-state index contributed by atoms with van der Waals surface area (Å²) in [5, 5.41) is 2.94. The zero-order valence-electron chi connectivity index (χ0n) is 12.6. The minimum absolute atomic E-state index is 0.00548. The molecule has 1 atom stereocenters. The van der Waals surface area contributed by atoms with Crippen LogP contribution in [0.3, 0.4) is 0 Å². The number of urea groups is 1. The van der Waals surface area contributed by atoms with E-state index in [4.69, 9.17) is 4.74 Å². The summed E-state index contributed by atoms with van der Waals surface area (Å²) in [5.74, 6) is 1.42. The molecule has 1 aliphatic heterocycles. The fourth-order valence-corrected chi connectivity index (χ4v) is 2.47. The summed E-state index contributed by atoms with van der Waals surface area (Å²) < 4.78 is 5.58. The molecule has 1 fully saturated rings. The molecule has 0 spiro atoms. The normalized spacial score (nSPS) is 19.0. The molecular weight excluding hydrogens is 252 g/mol. The van der Waals surface area contributed by atoms with Crippen molar-refractivity contribution in [1.29, 1.82) is 0 Å². The van der Waals surface area contributed by atoms with Gasteiger partial charge in [0.2, 0.25) is 0 Å². The fourth-order valence-electron chi connectivity index (χ4n) is 2.47. The molecule has 1 heterocycles. The van der Waals surface area contributed by atoms with Gasteiger partial charge in [0.05, 0.1) is 6.10 Å². The molecule has 1 aromatic carbocycles. The maximum absolute atomic E-state index is 12.2. The number of amides is 2. The van der Waals surface area contributed by atoms with Crippen molar-refractivity contribution in [3.8, 4) is 5.75 Å². The van der Waals surface area contributed by atoms with E-state index in [0.29, 0.717) is 5.92 Å². The van der Waals surface area contributed by atoms with Crippen molar-refractivity contribution in [2.45, 2.75) is 39.7 Å². The van der Waals surface area contributed by atoms with Crippen LogP contribution in [0.2, 0.25) is 0 Å². The predicted molar refractivity (Wildman–Crippen MR) is 81.2 cm³/mol. The number of likely N-dealkylation sites (tertiary alicyclic amines) is 1. The van der Waals surface area contributed by atoms with Crippen LogP contribution >= 0.6 is 0 Å². The molecular formula is C16H24N2O2. The first-order valence-corrected chi connectivity index (χ1v) is 7.37. The Balaban J connectivity index is 1.90. The standard InChI is InChI=1S/C16H24N2O2/c1-12(2)20-15-8-6-14(7-9-15)17-16(19)18-10-4-5-13(3)11-18/h6-9,12-13H,4-5,10-11H2,1-3H3,(H,17,19). The SMILES string of the molecule is CC1CCCN(C(=O)Nc2ccc(OC(C)C)cc2)C1. The Morgan fingerprint density at radius 3 is 2.65 bits per heavy atom. The second-order valence-electron chi connectivity index (χ2n) is 5.81. The number of hydrogen-bond acceptors (Lipinski definition) is 2. The van der Waals surface area contributed by atoms with Gasteiger partial charge in [-0.1, -0.05) is 6.92 Å². The quantitative estimate of drug-likeness (QED) is 0.913. The van der Waals surface area contributed by atoms with E-state index in [-0.39, 0.29) is 12.1 Å². The van der Waals surface area contributed by atoms with Crippen LogP contribution in [0.1, 0.15) is 33.6 Å². The number of rotatable bonds is 3. The lowest BCUT2D eigenvalue weighted by Crippen LogP contribution is -2.41. The molecule has 1 aliphatic rings. The van der Waals surface area contributed by atoms with Crippen LogP contribution in [-0.2, 0) is 0 Å². The highest BCUT2D eigenvalue weighted by atomic mass is 16.5. The third-order valence-electron chi connectivity index (χ3n) is 3.42. The van der Waals surface area contributed by atoms with Gasteiger partial charge in [-0.3, -0.25) is 0 Å². The third-order valence-corrected chi connectivity index (χ3v) is 3.42. The Morgan fingerprint density at radius 2 is 2.05 bits per heavy atom. The Kier molecular flexibility index (Phi) is 4.88. The fraction of sp³-hybridized carbons (Fsp3) is 0.562. The molecule has 2 amide bonds. The molecule has 1 saturated heterocycles. The number of hydrogen-bond donors (Lipinski definition) is 1. The minimum Gasteiger partial charge on any atom is -0.491 e. The van der Waals surface area contributed by atoms with Crippen molar-refractivity contribution in [2.75, 3.05) is 18.4 Å². The van der Waals surface area contributed by atoms with Gasteiger partial charge in [-0.25, -0.2) is 4.79 Å². The van der Waals surface area contributed by atoms with E-state index in [2.05, 4.69) is 12.2 Å². The van der Waals surface area contributed by atoms with Gasteiger partial charge in [-0.2, -0.15) is 0 Å². The lowest BCUT2D eigenvalue weighted by molar-refractivity contribution is 0.182.